The van der Waals surface area contributed by atoms with Crippen molar-refractivity contribution in [1.29, 1.82) is 0 Å². The highest BCUT2D eigenvalue weighted by Crippen LogP contribution is 2.27. The minimum Gasteiger partial charge on any atom is -0.497 e. The van der Waals surface area contributed by atoms with Crippen LogP contribution in [-0.2, 0) is 11.3 Å². The predicted octanol–water partition coefficient (Wildman–Crippen LogP) is 0.673. The molecule has 0 radical (unpaired) electrons. The molecule has 22 heavy (non-hydrogen) atoms. The van der Waals surface area contributed by atoms with Crippen LogP contribution >= 0.6 is 0 Å². The lowest BCUT2D eigenvalue weighted by Crippen LogP contribution is -2.31. The zero-order valence-corrected chi connectivity index (χ0v) is 12.6. The van der Waals surface area contributed by atoms with E-state index in [1.54, 1.807) is 31.4 Å². The highest BCUT2D eigenvalue weighted by molar-refractivity contribution is 5.75. The Kier molecular flexibility index (Phi) is 4.77. The second-order valence-corrected chi connectivity index (χ2v) is 4.46. The maximum absolute atomic E-state index is 12.0. The van der Waals surface area contributed by atoms with Crippen LogP contribution in [0.5, 0.6) is 11.5 Å². The predicted molar refractivity (Wildman–Crippen MR) is 81.1 cm³/mol. The van der Waals surface area contributed by atoms with Crippen molar-refractivity contribution in [3.63, 3.8) is 0 Å². The average Bonchev–Trinajstić information content (AvgIpc) is 2.56. The summed E-state index contributed by atoms with van der Waals surface area (Å²) in [6, 6.07) is 8.49. The first kappa shape index (κ1) is 15.6. The van der Waals surface area contributed by atoms with E-state index in [1.807, 2.05) is 0 Å². The van der Waals surface area contributed by atoms with Gasteiger partial charge in [0, 0.05) is 18.7 Å². The Morgan fingerprint density at radius 1 is 1.23 bits per heavy atom. The fourth-order valence-corrected chi connectivity index (χ4v) is 1.91. The van der Waals surface area contributed by atoms with E-state index in [2.05, 4.69) is 10.4 Å². The topological polar surface area (TPSA) is 82.5 Å². The van der Waals surface area contributed by atoms with Crippen LogP contribution < -0.4 is 20.3 Å². The molecular formula is C15H17N3O4. The van der Waals surface area contributed by atoms with Gasteiger partial charge in [-0.2, -0.15) is 5.10 Å². The molecule has 7 nitrogen and oxygen atoms in total. The van der Waals surface area contributed by atoms with Crippen LogP contribution in [0, 0.1) is 0 Å². The fraction of sp³-hybridized carbons (Fsp3) is 0.267. The molecule has 0 fully saturated rings. The molecule has 0 saturated heterocycles. The Labute approximate surface area is 127 Å². The van der Waals surface area contributed by atoms with Crippen molar-refractivity contribution in [3.05, 3.63) is 40.7 Å². The number of nitrogens with zero attached hydrogens (tertiary/aromatic N) is 2. The highest BCUT2D eigenvalue weighted by Gasteiger charge is 2.13. The van der Waals surface area contributed by atoms with Crippen molar-refractivity contribution in [2.45, 2.75) is 6.54 Å². The smallest absolute Gasteiger partial charge is 0.270 e. The van der Waals surface area contributed by atoms with Gasteiger partial charge in [0.1, 0.15) is 18.0 Å². The summed E-state index contributed by atoms with van der Waals surface area (Å²) in [5.74, 6) is 0.755. The molecule has 1 heterocycles. The lowest BCUT2D eigenvalue weighted by molar-refractivity contribution is -0.121. The second-order valence-electron chi connectivity index (χ2n) is 4.46. The average molecular weight is 303 g/mol. The number of nitrogens with one attached hydrogen (secondary N) is 1. The van der Waals surface area contributed by atoms with Crippen molar-refractivity contribution in [2.75, 3.05) is 21.3 Å². The van der Waals surface area contributed by atoms with E-state index in [0.29, 0.717) is 17.2 Å². The molecule has 0 spiro atoms. The molecule has 0 aliphatic carbocycles. The van der Waals surface area contributed by atoms with Crippen molar-refractivity contribution >= 4 is 5.91 Å². The number of benzene rings is 1. The van der Waals surface area contributed by atoms with Gasteiger partial charge >= 0.3 is 0 Å². The van der Waals surface area contributed by atoms with Crippen LogP contribution in [0.1, 0.15) is 0 Å². The number of aromatic nitrogens is 2. The van der Waals surface area contributed by atoms with Gasteiger partial charge in [0.15, 0.2) is 5.75 Å². The Bertz CT molecular complexity index is 723. The Hall–Kier alpha value is -2.83. The number of rotatable bonds is 5. The summed E-state index contributed by atoms with van der Waals surface area (Å²) in [7, 11) is 4.55. The quantitative estimate of drug-likeness (QED) is 0.878. The van der Waals surface area contributed by atoms with Crippen molar-refractivity contribution in [3.8, 4) is 22.8 Å². The van der Waals surface area contributed by atoms with Crippen molar-refractivity contribution in [1.82, 2.24) is 15.1 Å². The third-order valence-electron chi connectivity index (χ3n) is 3.12. The third kappa shape index (κ3) is 3.25. The van der Waals surface area contributed by atoms with E-state index >= 15 is 0 Å². The first-order valence-electron chi connectivity index (χ1n) is 6.60. The standard InChI is InChI=1S/C15H17N3O4/c1-16-13(19)9-18-14(20)8-12(22-3)15(17-18)10-4-6-11(21-2)7-5-10/h4-8H,9H2,1-3H3,(H,16,19). The van der Waals surface area contributed by atoms with Gasteiger partial charge in [-0.3, -0.25) is 9.59 Å². The van der Waals surface area contributed by atoms with E-state index in [9.17, 15) is 9.59 Å². The number of amides is 1. The zero-order chi connectivity index (χ0) is 16.1. The summed E-state index contributed by atoms with van der Waals surface area (Å²) in [6.07, 6.45) is 0. The Morgan fingerprint density at radius 2 is 1.91 bits per heavy atom. The first-order chi connectivity index (χ1) is 10.6. The van der Waals surface area contributed by atoms with E-state index in [1.165, 1.54) is 20.2 Å². The molecule has 0 bridgehead atoms. The molecule has 2 aromatic rings. The van der Waals surface area contributed by atoms with Crippen LogP contribution in [0.25, 0.3) is 11.3 Å². The van der Waals surface area contributed by atoms with Crippen molar-refractivity contribution < 1.29 is 14.3 Å². The molecule has 7 heteroatoms. The maximum atomic E-state index is 12.0. The summed E-state index contributed by atoms with van der Waals surface area (Å²) in [6.45, 7) is -0.150. The monoisotopic (exact) mass is 303 g/mol. The largest absolute Gasteiger partial charge is 0.497 e. The molecule has 0 saturated carbocycles. The van der Waals surface area contributed by atoms with Crippen LogP contribution in [0.4, 0.5) is 0 Å². The molecule has 2 rings (SSSR count). The van der Waals surface area contributed by atoms with Crippen molar-refractivity contribution in [2.24, 2.45) is 0 Å². The highest BCUT2D eigenvalue weighted by atomic mass is 16.5. The van der Waals surface area contributed by atoms with Crippen LogP contribution in [-0.4, -0.2) is 37.0 Å². The molecule has 116 valence electrons. The lowest BCUT2D eigenvalue weighted by Gasteiger charge is -2.11. The number of hydrogen-bond acceptors (Lipinski definition) is 5. The summed E-state index contributed by atoms with van der Waals surface area (Å²) in [5.41, 5.74) is 0.828. The number of carbonyl (C=O) groups excluding carboxylic acids is 1. The SMILES string of the molecule is CNC(=O)Cn1nc(-c2ccc(OC)cc2)c(OC)cc1=O. The van der Waals surface area contributed by atoms with Gasteiger partial charge < -0.3 is 14.8 Å². The van der Waals surface area contributed by atoms with Gasteiger partial charge in [0.2, 0.25) is 5.91 Å². The zero-order valence-electron chi connectivity index (χ0n) is 12.6. The summed E-state index contributed by atoms with van der Waals surface area (Å²) in [4.78, 5) is 23.4. The minimum absolute atomic E-state index is 0.150. The molecule has 0 aliphatic heterocycles. The van der Waals surface area contributed by atoms with Gasteiger partial charge in [-0.1, -0.05) is 0 Å². The number of ether oxygens (including phenoxy) is 2. The van der Waals surface area contributed by atoms with E-state index in [0.717, 1.165) is 10.2 Å². The first-order valence-corrected chi connectivity index (χ1v) is 6.60. The van der Waals surface area contributed by atoms with Gasteiger partial charge in [0.25, 0.3) is 5.56 Å². The van der Waals surface area contributed by atoms with Gasteiger partial charge in [-0.15, -0.1) is 0 Å². The van der Waals surface area contributed by atoms with E-state index in [4.69, 9.17) is 9.47 Å². The molecule has 1 aromatic carbocycles. The second kappa shape index (κ2) is 6.75. The molecule has 0 atom stereocenters. The van der Waals surface area contributed by atoms with Crippen LogP contribution in [0.2, 0.25) is 0 Å². The normalized spacial score (nSPS) is 10.1. The third-order valence-corrected chi connectivity index (χ3v) is 3.12. The molecule has 0 aliphatic rings. The minimum atomic E-state index is -0.405. The molecule has 1 N–H and O–H groups in total. The summed E-state index contributed by atoms with van der Waals surface area (Å²) < 4.78 is 11.4. The molecule has 0 unspecified atom stereocenters. The van der Waals surface area contributed by atoms with E-state index < -0.39 is 5.56 Å². The Morgan fingerprint density at radius 3 is 2.45 bits per heavy atom. The van der Waals surface area contributed by atoms with Gasteiger partial charge in [-0.25, -0.2) is 4.68 Å². The summed E-state index contributed by atoms with van der Waals surface area (Å²) in [5, 5.41) is 6.69. The molecule has 1 aromatic heterocycles. The van der Waals surface area contributed by atoms with E-state index in [-0.39, 0.29) is 12.5 Å². The number of likely N-dealkylation sites (N-methyl/N-ethyl adjacent to an activating group) is 1. The number of hydrogen-bond donors (Lipinski definition) is 1. The van der Waals surface area contributed by atoms with Gasteiger partial charge in [-0.05, 0) is 24.3 Å². The summed E-state index contributed by atoms with van der Waals surface area (Å²) >= 11 is 0. The molecule has 1 amide bonds. The lowest BCUT2D eigenvalue weighted by atomic mass is 10.1. The van der Waals surface area contributed by atoms with Crippen LogP contribution in [0.15, 0.2) is 35.1 Å². The molecular weight excluding hydrogens is 286 g/mol. The van der Waals surface area contributed by atoms with Gasteiger partial charge in [0.05, 0.1) is 14.2 Å². The fourth-order valence-electron chi connectivity index (χ4n) is 1.91. The maximum Gasteiger partial charge on any atom is 0.270 e. The number of methoxy groups -OCH3 is 2. The number of carbonyl (C=O) groups is 1. The van der Waals surface area contributed by atoms with Crippen LogP contribution in [0.3, 0.4) is 0 Å². The Balaban J connectivity index is 2.49.